The normalized spacial score (nSPS) is 17.5. The minimum atomic E-state index is -4.06. The molecule has 2 aromatic carbocycles. The maximum Gasteiger partial charge on any atom is 0.262 e. The van der Waals surface area contributed by atoms with Gasteiger partial charge in [-0.2, -0.15) is 13.5 Å². The van der Waals surface area contributed by atoms with Crippen molar-refractivity contribution < 1.29 is 31.1 Å². The first-order valence-electron chi connectivity index (χ1n) is 8.34. The SMILES string of the molecule is CC(C)[C@H]1COc2c(ccc(F)c2C(=O)Nc2ccc(F)c(F)c2)S(=O)(=O)N1.S. The highest BCUT2D eigenvalue weighted by atomic mass is 32.2. The Morgan fingerprint density at radius 1 is 1.14 bits per heavy atom. The number of nitrogens with one attached hydrogen (secondary N) is 2. The number of ether oxygens (including phenoxy) is 1. The molecule has 11 heteroatoms. The third-order valence-corrected chi connectivity index (χ3v) is 5.80. The molecule has 29 heavy (non-hydrogen) atoms. The van der Waals surface area contributed by atoms with Crippen LogP contribution in [0.25, 0.3) is 0 Å². The predicted molar refractivity (Wildman–Crippen MR) is 106 cm³/mol. The summed E-state index contributed by atoms with van der Waals surface area (Å²) in [6.45, 7) is 3.45. The molecule has 3 rings (SSSR count). The maximum atomic E-state index is 14.4. The summed E-state index contributed by atoms with van der Waals surface area (Å²) in [5.41, 5.74) is -0.771. The first-order chi connectivity index (χ1) is 13.1. The van der Waals surface area contributed by atoms with E-state index in [1.807, 2.05) is 0 Å². The second kappa shape index (κ2) is 8.64. The van der Waals surface area contributed by atoms with Crippen molar-refractivity contribution in [3.8, 4) is 5.75 Å². The van der Waals surface area contributed by atoms with E-state index in [0.717, 1.165) is 30.3 Å². The lowest BCUT2D eigenvalue weighted by atomic mass is 10.1. The molecular formula is C18H19F3N2O4S2. The van der Waals surface area contributed by atoms with E-state index in [1.165, 1.54) is 0 Å². The average molecular weight is 448 g/mol. The molecule has 0 saturated heterocycles. The van der Waals surface area contributed by atoms with Gasteiger partial charge in [-0.05, 0) is 30.2 Å². The van der Waals surface area contributed by atoms with Crippen molar-refractivity contribution in [3.63, 3.8) is 0 Å². The van der Waals surface area contributed by atoms with E-state index in [2.05, 4.69) is 10.0 Å². The molecule has 1 atom stereocenters. The quantitative estimate of drug-likeness (QED) is 0.756. The second-order valence-electron chi connectivity index (χ2n) is 6.62. The Morgan fingerprint density at radius 3 is 2.41 bits per heavy atom. The van der Waals surface area contributed by atoms with Gasteiger partial charge in [-0.1, -0.05) is 13.8 Å². The molecule has 1 aliphatic rings. The fourth-order valence-electron chi connectivity index (χ4n) is 2.67. The van der Waals surface area contributed by atoms with Crippen LogP contribution in [0.15, 0.2) is 35.2 Å². The molecule has 1 amide bonds. The maximum absolute atomic E-state index is 14.4. The number of halogens is 3. The monoisotopic (exact) mass is 448 g/mol. The standard InChI is InChI=1S/C18H17F3N2O4S.H2S/c1-9(2)14-8-27-17-15(28(25,26)23-14)6-5-12(20)16(17)18(24)22-10-3-4-11(19)13(21)7-10;/h3-7,9,14,23H,8H2,1-2H3,(H,22,24);1H2/t14-;/m1./s1. The van der Waals surface area contributed by atoms with Crippen molar-refractivity contribution >= 4 is 35.1 Å². The molecule has 158 valence electrons. The van der Waals surface area contributed by atoms with Crippen LogP contribution in [0.4, 0.5) is 18.9 Å². The van der Waals surface area contributed by atoms with Crippen molar-refractivity contribution in [1.82, 2.24) is 4.72 Å². The van der Waals surface area contributed by atoms with Gasteiger partial charge in [0.25, 0.3) is 5.91 Å². The summed E-state index contributed by atoms with van der Waals surface area (Å²) >= 11 is 0. The molecule has 0 aliphatic carbocycles. The first-order valence-corrected chi connectivity index (χ1v) is 9.82. The van der Waals surface area contributed by atoms with E-state index < -0.39 is 50.7 Å². The molecule has 0 radical (unpaired) electrons. The molecule has 2 N–H and O–H groups in total. The van der Waals surface area contributed by atoms with E-state index in [9.17, 15) is 26.4 Å². The number of rotatable bonds is 3. The lowest BCUT2D eigenvalue weighted by Gasteiger charge is -2.18. The van der Waals surface area contributed by atoms with Crippen LogP contribution in [-0.4, -0.2) is 27.0 Å². The van der Waals surface area contributed by atoms with Gasteiger partial charge >= 0.3 is 0 Å². The highest BCUT2D eigenvalue weighted by Gasteiger charge is 2.34. The third kappa shape index (κ3) is 4.68. The molecule has 2 aromatic rings. The number of hydrogen-bond acceptors (Lipinski definition) is 4. The summed E-state index contributed by atoms with van der Waals surface area (Å²) in [6, 6.07) is 3.86. The third-order valence-electron chi connectivity index (χ3n) is 4.28. The van der Waals surface area contributed by atoms with Gasteiger partial charge in [-0.15, -0.1) is 0 Å². The Morgan fingerprint density at radius 2 is 1.79 bits per heavy atom. The Hall–Kier alpha value is -2.24. The van der Waals surface area contributed by atoms with Crippen LogP contribution in [0.3, 0.4) is 0 Å². The average Bonchev–Trinajstić information content (AvgIpc) is 2.74. The first kappa shape index (κ1) is 23.0. The van der Waals surface area contributed by atoms with E-state index >= 15 is 0 Å². The van der Waals surface area contributed by atoms with Crippen molar-refractivity contribution in [2.45, 2.75) is 24.8 Å². The van der Waals surface area contributed by atoms with Gasteiger partial charge in [0.1, 0.15) is 22.9 Å². The molecule has 0 fully saturated rings. The van der Waals surface area contributed by atoms with Gasteiger partial charge in [0.15, 0.2) is 17.4 Å². The van der Waals surface area contributed by atoms with Crippen LogP contribution in [0.5, 0.6) is 5.75 Å². The predicted octanol–water partition coefficient (Wildman–Crippen LogP) is 3.16. The van der Waals surface area contributed by atoms with Crippen LogP contribution in [0, 0.1) is 23.4 Å². The van der Waals surface area contributed by atoms with E-state index in [1.54, 1.807) is 13.8 Å². The van der Waals surface area contributed by atoms with E-state index in [-0.39, 0.29) is 36.6 Å². The van der Waals surface area contributed by atoms with Gasteiger partial charge in [0.2, 0.25) is 10.0 Å². The van der Waals surface area contributed by atoms with Crippen molar-refractivity contribution in [2.75, 3.05) is 11.9 Å². The molecule has 0 unspecified atom stereocenters. The number of hydrogen-bond donors (Lipinski definition) is 2. The molecule has 0 spiro atoms. The van der Waals surface area contributed by atoms with Crippen LogP contribution in [0.2, 0.25) is 0 Å². The number of amides is 1. The summed E-state index contributed by atoms with van der Waals surface area (Å²) in [4.78, 5) is 12.2. The Bertz CT molecular complexity index is 1050. The Labute approximate surface area is 172 Å². The van der Waals surface area contributed by atoms with Gasteiger partial charge < -0.3 is 10.1 Å². The van der Waals surface area contributed by atoms with Crippen molar-refractivity contribution in [3.05, 3.63) is 53.3 Å². The summed E-state index contributed by atoms with van der Waals surface area (Å²) in [5, 5.41) is 2.22. The topological polar surface area (TPSA) is 84.5 Å². The Balaban J connectivity index is 0.00000300. The number of carbonyl (C=O) groups excluding carboxylic acids is 1. The lowest BCUT2D eigenvalue weighted by molar-refractivity contribution is 0.101. The fraction of sp³-hybridized carbons (Fsp3) is 0.278. The fourth-order valence-corrected chi connectivity index (χ4v) is 4.19. The highest BCUT2D eigenvalue weighted by molar-refractivity contribution is 7.89. The number of anilines is 1. The molecule has 0 saturated carbocycles. The van der Waals surface area contributed by atoms with E-state index in [4.69, 9.17) is 4.74 Å². The zero-order valence-electron chi connectivity index (χ0n) is 15.4. The molecule has 6 nitrogen and oxygen atoms in total. The second-order valence-corrected chi connectivity index (χ2v) is 8.30. The zero-order valence-corrected chi connectivity index (χ0v) is 17.2. The molecule has 1 heterocycles. The molecular weight excluding hydrogens is 429 g/mol. The van der Waals surface area contributed by atoms with Gasteiger partial charge in [0, 0.05) is 11.8 Å². The minimum absolute atomic E-state index is 0. The highest BCUT2D eigenvalue weighted by Crippen LogP contribution is 2.33. The summed E-state index contributed by atoms with van der Waals surface area (Å²) < 4.78 is 74.0. The van der Waals surface area contributed by atoms with Crippen LogP contribution in [0.1, 0.15) is 24.2 Å². The summed E-state index contributed by atoms with van der Waals surface area (Å²) in [7, 11) is -4.06. The zero-order chi connectivity index (χ0) is 20.6. The van der Waals surface area contributed by atoms with E-state index in [0.29, 0.717) is 0 Å². The summed E-state index contributed by atoms with van der Waals surface area (Å²) in [5.74, 6) is -4.94. The number of sulfonamides is 1. The van der Waals surface area contributed by atoms with Gasteiger partial charge in [0.05, 0.1) is 6.04 Å². The molecule has 0 bridgehead atoms. The lowest BCUT2D eigenvalue weighted by Crippen LogP contribution is -2.40. The summed E-state index contributed by atoms with van der Waals surface area (Å²) in [6.07, 6.45) is 0. The van der Waals surface area contributed by atoms with Crippen LogP contribution >= 0.6 is 13.5 Å². The van der Waals surface area contributed by atoms with Gasteiger partial charge in [-0.25, -0.2) is 26.3 Å². The minimum Gasteiger partial charge on any atom is -0.490 e. The van der Waals surface area contributed by atoms with Crippen LogP contribution in [-0.2, 0) is 10.0 Å². The number of benzene rings is 2. The van der Waals surface area contributed by atoms with Crippen LogP contribution < -0.4 is 14.8 Å². The number of carbonyl (C=O) groups is 1. The van der Waals surface area contributed by atoms with Crippen molar-refractivity contribution in [1.29, 1.82) is 0 Å². The largest absolute Gasteiger partial charge is 0.490 e. The van der Waals surface area contributed by atoms with Gasteiger partial charge in [-0.3, -0.25) is 4.79 Å². The molecule has 1 aliphatic heterocycles. The van der Waals surface area contributed by atoms with Crippen molar-refractivity contribution in [2.24, 2.45) is 5.92 Å². The molecule has 0 aromatic heterocycles. The number of fused-ring (bicyclic) bond motifs is 1. The smallest absolute Gasteiger partial charge is 0.262 e. The Kier molecular flexibility index (Phi) is 6.86.